The molecule has 1 aromatic rings. The standard InChI is InChI=1S/C19H27NO4/c1-16(21)20(2)18-7-5-17(6-8-18)15-24-12-4-9-19(22-3)10-13-23-14-11-19/h4-9H,10-15H2,1-3H3/b9-4+. The van der Waals surface area contributed by atoms with E-state index in [2.05, 4.69) is 6.08 Å². The third-order valence-electron chi connectivity index (χ3n) is 4.45. The van der Waals surface area contributed by atoms with Crippen LogP contribution in [0.5, 0.6) is 0 Å². The molecule has 0 unspecified atom stereocenters. The fourth-order valence-electron chi connectivity index (χ4n) is 2.66. The van der Waals surface area contributed by atoms with E-state index >= 15 is 0 Å². The van der Waals surface area contributed by atoms with E-state index in [-0.39, 0.29) is 11.5 Å². The molecule has 1 amide bonds. The molecular weight excluding hydrogens is 306 g/mol. The monoisotopic (exact) mass is 333 g/mol. The molecule has 132 valence electrons. The van der Waals surface area contributed by atoms with Crippen LogP contribution >= 0.6 is 0 Å². The summed E-state index contributed by atoms with van der Waals surface area (Å²) in [6.45, 7) is 4.10. The van der Waals surface area contributed by atoms with Crippen molar-refractivity contribution in [2.75, 3.05) is 38.9 Å². The van der Waals surface area contributed by atoms with Crippen LogP contribution < -0.4 is 4.90 Å². The largest absolute Gasteiger partial charge is 0.381 e. The third-order valence-corrected chi connectivity index (χ3v) is 4.45. The summed E-state index contributed by atoms with van der Waals surface area (Å²) >= 11 is 0. The van der Waals surface area contributed by atoms with Crippen LogP contribution in [0.15, 0.2) is 36.4 Å². The SMILES string of the molecule is COC1(/C=C/COCc2ccc(N(C)C(C)=O)cc2)CCOCC1. The molecule has 0 radical (unpaired) electrons. The van der Waals surface area contributed by atoms with Gasteiger partial charge in [-0.3, -0.25) is 4.79 Å². The molecule has 0 saturated carbocycles. The maximum atomic E-state index is 11.3. The number of carbonyl (C=O) groups is 1. The van der Waals surface area contributed by atoms with E-state index in [1.165, 1.54) is 0 Å². The fraction of sp³-hybridized carbons (Fsp3) is 0.526. The number of methoxy groups -OCH3 is 1. The Morgan fingerprint density at radius 2 is 1.96 bits per heavy atom. The van der Waals surface area contributed by atoms with E-state index in [1.807, 2.05) is 30.3 Å². The minimum absolute atomic E-state index is 0.0179. The summed E-state index contributed by atoms with van der Waals surface area (Å²) in [6.07, 6.45) is 5.88. The number of rotatable bonds is 7. The van der Waals surface area contributed by atoms with Gasteiger partial charge in [0.25, 0.3) is 0 Å². The highest BCUT2D eigenvalue weighted by Gasteiger charge is 2.29. The highest BCUT2D eigenvalue weighted by molar-refractivity contribution is 5.90. The number of ether oxygens (including phenoxy) is 3. The van der Waals surface area contributed by atoms with Crippen molar-refractivity contribution in [2.24, 2.45) is 0 Å². The van der Waals surface area contributed by atoms with Crippen molar-refractivity contribution >= 4 is 11.6 Å². The van der Waals surface area contributed by atoms with Gasteiger partial charge in [0.15, 0.2) is 0 Å². The number of carbonyl (C=O) groups excluding carboxylic acids is 1. The van der Waals surface area contributed by atoms with Gasteiger partial charge in [-0.25, -0.2) is 0 Å². The van der Waals surface area contributed by atoms with E-state index < -0.39 is 0 Å². The Labute approximate surface area is 144 Å². The maximum Gasteiger partial charge on any atom is 0.223 e. The Hall–Kier alpha value is -1.69. The van der Waals surface area contributed by atoms with Crippen molar-refractivity contribution in [3.05, 3.63) is 42.0 Å². The molecule has 1 saturated heterocycles. The van der Waals surface area contributed by atoms with Gasteiger partial charge in [0.1, 0.15) is 0 Å². The summed E-state index contributed by atoms with van der Waals surface area (Å²) in [6, 6.07) is 7.82. The Balaban J connectivity index is 1.77. The second kappa shape index (κ2) is 8.97. The fourth-order valence-corrected chi connectivity index (χ4v) is 2.66. The summed E-state index contributed by atoms with van der Waals surface area (Å²) in [5.74, 6) is 0.0179. The summed E-state index contributed by atoms with van der Waals surface area (Å²) in [5, 5.41) is 0. The first-order valence-electron chi connectivity index (χ1n) is 8.28. The molecule has 2 rings (SSSR count). The van der Waals surface area contributed by atoms with Crippen LogP contribution in [0.3, 0.4) is 0 Å². The number of nitrogens with zero attached hydrogens (tertiary/aromatic N) is 1. The Bertz CT molecular complexity index is 547. The number of hydrogen-bond donors (Lipinski definition) is 0. The van der Waals surface area contributed by atoms with E-state index in [0.29, 0.717) is 13.2 Å². The predicted octanol–water partition coefficient (Wildman–Crippen LogP) is 2.94. The van der Waals surface area contributed by atoms with Gasteiger partial charge in [0.05, 0.1) is 18.8 Å². The van der Waals surface area contributed by atoms with Crippen molar-refractivity contribution < 1.29 is 19.0 Å². The van der Waals surface area contributed by atoms with Gasteiger partial charge in [-0.05, 0) is 17.7 Å². The smallest absolute Gasteiger partial charge is 0.223 e. The van der Waals surface area contributed by atoms with Crippen molar-refractivity contribution in [3.8, 4) is 0 Å². The van der Waals surface area contributed by atoms with Gasteiger partial charge >= 0.3 is 0 Å². The molecule has 1 aromatic carbocycles. The van der Waals surface area contributed by atoms with Crippen molar-refractivity contribution in [1.82, 2.24) is 0 Å². The molecule has 0 atom stereocenters. The van der Waals surface area contributed by atoms with Crippen molar-refractivity contribution in [1.29, 1.82) is 0 Å². The highest BCUT2D eigenvalue weighted by Crippen LogP contribution is 2.25. The maximum absolute atomic E-state index is 11.3. The molecular formula is C19H27NO4. The normalized spacial score (nSPS) is 17.1. The molecule has 0 spiro atoms. The second-order valence-corrected chi connectivity index (χ2v) is 6.04. The lowest BCUT2D eigenvalue weighted by Crippen LogP contribution is -2.36. The van der Waals surface area contributed by atoms with E-state index in [1.54, 1.807) is 26.0 Å². The number of benzene rings is 1. The van der Waals surface area contributed by atoms with Gasteiger partial charge < -0.3 is 19.1 Å². The van der Waals surface area contributed by atoms with Crippen LogP contribution in [0, 0.1) is 0 Å². The van der Waals surface area contributed by atoms with Crippen LogP contribution in [0.1, 0.15) is 25.3 Å². The van der Waals surface area contributed by atoms with Crippen LogP contribution in [0.25, 0.3) is 0 Å². The highest BCUT2D eigenvalue weighted by atomic mass is 16.5. The minimum Gasteiger partial charge on any atom is -0.381 e. The average Bonchev–Trinajstić information content (AvgIpc) is 2.62. The van der Waals surface area contributed by atoms with Crippen molar-refractivity contribution in [2.45, 2.75) is 32.0 Å². The molecule has 5 nitrogen and oxygen atoms in total. The molecule has 5 heteroatoms. The Morgan fingerprint density at radius 1 is 1.29 bits per heavy atom. The van der Waals surface area contributed by atoms with Gasteiger partial charge in [0.2, 0.25) is 5.91 Å². The Morgan fingerprint density at radius 3 is 2.54 bits per heavy atom. The van der Waals surface area contributed by atoms with E-state index in [0.717, 1.165) is 37.3 Å². The molecule has 1 heterocycles. The quantitative estimate of drug-likeness (QED) is 0.569. The number of hydrogen-bond acceptors (Lipinski definition) is 4. The Kier molecular flexibility index (Phi) is 6.97. The molecule has 1 aliphatic rings. The molecule has 0 N–H and O–H groups in total. The zero-order valence-corrected chi connectivity index (χ0v) is 14.8. The van der Waals surface area contributed by atoms with Crippen LogP contribution in [0.4, 0.5) is 5.69 Å². The zero-order valence-electron chi connectivity index (χ0n) is 14.8. The molecule has 1 aliphatic heterocycles. The predicted molar refractivity (Wildman–Crippen MR) is 94.1 cm³/mol. The lowest BCUT2D eigenvalue weighted by atomic mass is 9.93. The summed E-state index contributed by atoms with van der Waals surface area (Å²) in [7, 11) is 3.51. The average molecular weight is 333 g/mol. The van der Waals surface area contributed by atoms with Gasteiger partial charge in [-0.15, -0.1) is 0 Å². The molecule has 1 fully saturated rings. The lowest BCUT2D eigenvalue weighted by molar-refractivity contribution is -0.116. The molecule has 0 aliphatic carbocycles. The molecule has 0 bridgehead atoms. The van der Waals surface area contributed by atoms with Gasteiger partial charge in [0, 0.05) is 52.8 Å². The summed E-state index contributed by atoms with van der Waals surface area (Å²) < 4.78 is 16.7. The van der Waals surface area contributed by atoms with Crippen LogP contribution in [-0.2, 0) is 25.6 Å². The third kappa shape index (κ3) is 5.16. The molecule has 0 aromatic heterocycles. The first-order valence-corrected chi connectivity index (χ1v) is 8.28. The van der Waals surface area contributed by atoms with E-state index in [9.17, 15) is 4.79 Å². The zero-order chi connectivity index (χ0) is 17.4. The number of anilines is 1. The number of amides is 1. The first-order chi connectivity index (χ1) is 11.6. The lowest BCUT2D eigenvalue weighted by Gasteiger charge is -2.33. The first kappa shape index (κ1) is 18.6. The van der Waals surface area contributed by atoms with E-state index in [4.69, 9.17) is 14.2 Å². The second-order valence-electron chi connectivity index (χ2n) is 6.04. The summed E-state index contributed by atoms with van der Waals surface area (Å²) in [5.41, 5.74) is 1.75. The van der Waals surface area contributed by atoms with Gasteiger partial charge in [-0.2, -0.15) is 0 Å². The topological polar surface area (TPSA) is 48.0 Å². The summed E-state index contributed by atoms with van der Waals surface area (Å²) in [4.78, 5) is 12.9. The van der Waals surface area contributed by atoms with Crippen LogP contribution in [0.2, 0.25) is 0 Å². The van der Waals surface area contributed by atoms with Gasteiger partial charge in [-0.1, -0.05) is 24.3 Å². The van der Waals surface area contributed by atoms with Crippen molar-refractivity contribution in [3.63, 3.8) is 0 Å². The minimum atomic E-state index is -0.208. The van der Waals surface area contributed by atoms with Crippen LogP contribution in [-0.4, -0.2) is 45.5 Å². The molecule has 24 heavy (non-hydrogen) atoms.